The standard InChI is InChI=1S/C10H17ClO2/c1-9(2)6-3-8(12)10(13,5-11)4-7(6)9/h6-8,12-13H,3-5H2,1-2H3. The molecular formula is C10H17ClO2. The first-order valence-electron chi connectivity index (χ1n) is 4.88. The Kier molecular flexibility index (Phi) is 1.96. The molecule has 0 spiro atoms. The van der Waals surface area contributed by atoms with Crippen LogP contribution >= 0.6 is 11.6 Å². The molecule has 0 aromatic rings. The van der Waals surface area contributed by atoms with E-state index in [0.717, 1.165) is 0 Å². The zero-order valence-electron chi connectivity index (χ0n) is 8.13. The van der Waals surface area contributed by atoms with Crippen LogP contribution in [0.25, 0.3) is 0 Å². The van der Waals surface area contributed by atoms with Crippen molar-refractivity contribution in [1.82, 2.24) is 0 Å². The maximum atomic E-state index is 10.00. The second kappa shape index (κ2) is 2.62. The lowest BCUT2D eigenvalue weighted by Gasteiger charge is -2.34. The molecule has 0 heterocycles. The minimum Gasteiger partial charge on any atom is -0.390 e. The number of alkyl halides is 1. The summed E-state index contributed by atoms with van der Waals surface area (Å²) in [6, 6.07) is 0. The Morgan fingerprint density at radius 1 is 1.38 bits per heavy atom. The summed E-state index contributed by atoms with van der Waals surface area (Å²) in [6.45, 7) is 4.41. The SMILES string of the molecule is CC1(C)C2CC(O)C(O)(CCl)CC21. The molecule has 0 amide bonds. The summed E-state index contributed by atoms with van der Waals surface area (Å²) < 4.78 is 0. The minimum atomic E-state index is -1.03. The third-order valence-corrected chi connectivity index (χ3v) is 4.65. The van der Waals surface area contributed by atoms with E-state index < -0.39 is 11.7 Å². The van der Waals surface area contributed by atoms with Gasteiger partial charge in [0, 0.05) is 0 Å². The maximum absolute atomic E-state index is 10.00. The molecule has 4 atom stereocenters. The van der Waals surface area contributed by atoms with Crippen LogP contribution in [0, 0.1) is 17.3 Å². The fourth-order valence-electron chi connectivity index (χ4n) is 2.85. The molecule has 0 saturated heterocycles. The fraction of sp³-hybridized carbons (Fsp3) is 1.00. The number of aliphatic hydroxyl groups excluding tert-OH is 1. The van der Waals surface area contributed by atoms with Crippen molar-refractivity contribution in [2.24, 2.45) is 17.3 Å². The molecule has 0 radical (unpaired) electrons. The van der Waals surface area contributed by atoms with Gasteiger partial charge >= 0.3 is 0 Å². The molecule has 2 fully saturated rings. The van der Waals surface area contributed by atoms with Crippen molar-refractivity contribution in [3.05, 3.63) is 0 Å². The molecule has 13 heavy (non-hydrogen) atoms. The van der Waals surface area contributed by atoms with Gasteiger partial charge in [-0.15, -0.1) is 11.6 Å². The van der Waals surface area contributed by atoms with E-state index in [1.807, 2.05) is 0 Å². The first kappa shape index (κ1) is 9.75. The quantitative estimate of drug-likeness (QED) is 0.634. The Morgan fingerprint density at radius 3 is 2.54 bits per heavy atom. The van der Waals surface area contributed by atoms with Crippen LogP contribution in [0.5, 0.6) is 0 Å². The van der Waals surface area contributed by atoms with Gasteiger partial charge in [0.2, 0.25) is 0 Å². The van der Waals surface area contributed by atoms with Gasteiger partial charge in [0.15, 0.2) is 0 Å². The van der Waals surface area contributed by atoms with Gasteiger partial charge < -0.3 is 10.2 Å². The Morgan fingerprint density at radius 2 is 2.00 bits per heavy atom. The smallest absolute Gasteiger partial charge is 0.104 e. The molecule has 76 valence electrons. The first-order valence-corrected chi connectivity index (χ1v) is 5.41. The number of halogens is 1. The summed E-state index contributed by atoms with van der Waals surface area (Å²) in [6.07, 6.45) is 0.740. The highest BCUT2D eigenvalue weighted by Crippen LogP contribution is 2.66. The van der Waals surface area contributed by atoms with Crippen molar-refractivity contribution < 1.29 is 10.2 Å². The zero-order chi connectivity index (χ0) is 9.85. The Bertz CT molecular complexity index is 229. The van der Waals surface area contributed by atoms with Gasteiger partial charge in [0.1, 0.15) is 5.60 Å². The van der Waals surface area contributed by atoms with E-state index in [4.69, 9.17) is 11.6 Å². The fourth-order valence-corrected chi connectivity index (χ4v) is 3.14. The first-order chi connectivity index (χ1) is 5.92. The Balaban J connectivity index is 2.13. The van der Waals surface area contributed by atoms with Gasteiger partial charge in [-0.25, -0.2) is 0 Å². The van der Waals surface area contributed by atoms with Gasteiger partial charge in [-0.1, -0.05) is 13.8 Å². The monoisotopic (exact) mass is 204 g/mol. The van der Waals surface area contributed by atoms with Crippen LogP contribution in [0.15, 0.2) is 0 Å². The molecule has 2 aliphatic carbocycles. The van der Waals surface area contributed by atoms with Crippen molar-refractivity contribution in [3.63, 3.8) is 0 Å². The van der Waals surface area contributed by atoms with Crippen molar-refractivity contribution in [2.75, 3.05) is 5.88 Å². The third kappa shape index (κ3) is 1.23. The number of hydrogen-bond acceptors (Lipinski definition) is 2. The normalized spacial score (nSPS) is 52.8. The molecule has 2 nitrogen and oxygen atoms in total. The maximum Gasteiger partial charge on any atom is 0.104 e. The molecule has 0 aliphatic heterocycles. The van der Waals surface area contributed by atoms with Crippen molar-refractivity contribution in [1.29, 1.82) is 0 Å². The summed E-state index contributed by atoms with van der Waals surface area (Å²) in [5, 5.41) is 19.7. The third-order valence-electron chi connectivity index (χ3n) is 4.19. The van der Waals surface area contributed by atoms with Crippen LogP contribution in [0.3, 0.4) is 0 Å². The molecule has 2 saturated carbocycles. The van der Waals surface area contributed by atoms with Gasteiger partial charge in [-0.2, -0.15) is 0 Å². The predicted molar refractivity (Wildman–Crippen MR) is 51.7 cm³/mol. The number of aliphatic hydroxyl groups is 2. The van der Waals surface area contributed by atoms with E-state index in [1.165, 1.54) is 0 Å². The molecule has 0 aromatic carbocycles. The largest absolute Gasteiger partial charge is 0.390 e. The zero-order valence-corrected chi connectivity index (χ0v) is 8.88. The van der Waals surface area contributed by atoms with E-state index in [0.29, 0.717) is 30.1 Å². The lowest BCUT2D eigenvalue weighted by Crippen LogP contribution is -2.47. The van der Waals surface area contributed by atoms with E-state index in [-0.39, 0.29) is 5.88 Å². The molecule has 0 aromatic heterocycles. The molecule has 2 N–H and O–H groups in total. The highest BCUT2D eigenvalue weighted by Gasteiger charge is 2.64. The number of rotatable bonds is 1. The lowest BCUT2D eigenvalue weighted by molar-refractivity contribution is -0.0866. The van der Waals surface area contributed by atoms with Crippen molar-refractivity contribution in [2.45, 2.75) is 38.4 Å². The Labute approximate surface area is 83.9 Å². The molecule has 0 bridgehead atoms. The van der Waals surface area contributed by atoms with Gasteiger partial charge in [-0.05, 0) is 30.1 Å². The molecule has 2 rings (SSSR count). The van der Waals surface area contributed by atoms with Crippen molar-refractivity contribution >= 4 is 11.6 Å². The summed E-state index contributed by atoms with van der Waals surface area (Å²) in [5.41, 5.74) is -0.728. The van der Waals surface area contributed by atoms with Crippen LogP contribution in [-0.2, 0) is 0 Å². The second-order valence-corrected chi connectivity index (χ2v) is 5.49. The lowest BCUT2D eigenvalue weighted by atomic mass is 9.84. The molecular weight excluding hydrogens is 188 g/mol. The molecule has 3 heteroatoms. The number of hydrogen-bond donors (Lipinski definition) is 2. The van der Waals surface area contributed by atoms with E-state index in [1.54, 1.807) is 0 Å². The van der Waals surface area contributed by atoms with Gasteiger partial charge in [-0.3, -0.25) is 0 Å². The molecule has 4 unspecified atom stereocenters. The summed E-state index contributed by atoms with van der Waals surface area (Å²) in [7, 11) is 0. The average Bonchev–Trinajstić information content (AvgIpc) is 2.56. The van der Waals surface area contributed by atoms with Gasteiger partial charge in [0.25, 0.3) is 0 Å². The average molecular weight is 205 g/mol. The highest BCUT2D eigenvalue weighted by atomic mass is 35.5. The van der Waals surface area contributed by atoms with E-state index in [2.05, 4.69) is 13.8 Å². The van der Waals surface area contributed by atoms with Crippen LogP contribution in [0.4, 0.5) is 0 Å². The molecule has 2 aliphatic rings. The topological polar surface area (TPSA) is 40.5 Å². The number of fused-ring (bicyclic) bond motifs is 1. The second-order valence-electron chi connectivity index (χ2n) is 5.23. The van der Waals surface area contributed by atoms with Gasteiger partial charge in [0.05, 0.1) is 12.0 Å². The summed E-state index contributed by atoms with van der Waals surface area (Å²) >= 11 is 5.68. The van der Waals surface area contributed by atoms with Crippen molar-refractivity contribution in [3.8, 4) is 0 Å². The van der Waals surface area contributed by atoms with Crippen LogP contribution in [-0.4, -0.2) is 27.8 Å². The summed E-state index contributed by atoms with van der Waals surface area (Å²) in [4.78, 5) is 0. The van der Waals surface area contributed by atoms with E-state index in [9.17, 15) is 10.2 Å². The summed E-state index contributed by atoms with van der Waals surface area (Å²) in [5.74, 6) is 1.29. The van der Waals surface area contributed by atoms with Crippen LogP contribution in [0.2, 0.25) is 0 Å². The predicted octanol–water partition coefficient (Wildman–Crippen LogP) is 1.38. The Hall–Kier alpha value is 0.210. The van der Waals surface area contributed by atoms with Crippen LogP contribution < -0.4 is 0 Å². The van der Waals surface area contributed by atoms with E-state index >= 15 is 0 Å². The van der Waals surface area contributed by atoms with Crippen LogP contribution in [0.1, 0.15) is 26.7 Å². The minimum absolute atomic E-state index is 0.146. The highest BCUT2D eigenvalue weighted by molar-refractivity contribution is 6.18.